The first-order chi connectivity index (χ1) is 9.77. The van der Waals surface area contributed by atoms with E-state index >= 15 is 0 Å². The molecule has 1 aromatic heterocycles. The van der Waals surface area contributed by atoms with Crippen molar-refractivity contribution < 1.29 is 9.53 Å². The Labute approximate surface area is 118 Å². The highest BCUT2D eigenvalue weighted by Gasteiger charge is 2.30. The van der Waals surface area contributed by atoms with Gasteiger partial charge in [0, 0.05) is 18.8 Å². The quantitative estimate of drug-likeness (QED) is 0.840. The van der Waals surface area contributed by atoms with Crippen LogP contribution in [-0.4, -0.2) is 24.5 Å². The summed E-state index contributed by atoms with van der Waals surface area (Å²) in [4.78, 5) is 18.4. The maximum Gasteiger partial charge on any atom is 0.234 e. The molecule has 0 fully saturated rings. The SMILES string of the molecule is CN(C(=O)C1CCOc2ccccc21)c1cccnc1. The van der Waals surface area contributed by atoms with Crippen LogP contribution in [0.1, 0.15) is 17.9 Å². The Morgan fingerprint density at radius 1 is 1.30 bits per heavy atom. The summed E-state index contributed by atoms with van der Waals surface area (Å²) >= 11 is 0. The number of para-hydroxylation sites is 1. The smallest absolute Gasteiger partial charge is 0.234 e. The second kappa shape index (κ2) is 5.33. The monoisotopic (exact) mass is 268 g/mol. The minimum Gasteiger partial charge on any atom is -0.493 e. The van der Waals surface area contributed by atoms with Crippen LogP contribution in [-0.2, 0) is 4.79 Å². The Morgan fingerprint density at radius 2 is 2.15 bits per heavy atom. The summed E-state index contributed by atoms with van der Waals surface area (Å²) in [7, 11) is 1.79. The summed E-state index contributed by atoms with van der Waals surface area (Å²) in [5, 5.41) is 0. The van der Waals surface area contributed by atoms with Crippen LogP contribution >= 0.6 is 0 Å². The lowest BCUT2D eigenvalue weighted by Crippen LogP contribution is -2.34. The van der Waals surface area contributed by atoms with Gasteiger partial charge in [-0.15, -0.1) is 0 Å². The molecule has 0 radical (unpaired) electrons. The molecule has 20 heavy (non-hydrogen) atoms. The Bertz CT molecular complexity index is 613. The molecule has 4 nitrogen and oxygen atoms in total. The Balaban J connectivity index is 1.89. The average Bonchev–Trinajstić information content (AvgIpc) is 2.54. The van der Waals surface area contributed by atoms with E-state index in [4.69, 9.17) is 4.74 Å². The van der Waals surface area contributed by atoms with Crippen molar-refractivity contribution in [3.05, 3.63) is 54.4 Å². The molecule has 0 bridgehead atoms. The summed E-state index contributed by atoms with van der Waals surface area (Å²) in [6, 6.07) is 11.5. The molecule has 4 heteroatoms. The largest absolute Gasteiger partial charge is 0.493 e. The number of hydrogen-bond donors (Lipinski definition) is 0. The Kier molecular flexibility index (Phi) is 3.37. The Hall–Kier alpha value is -2.36. The van der Waals surface area contributed by atoms with E-state index in [1.807, 2.05) is 36.4 Å². The number of aromatic nitrogens is 1. The van der Waals surface area contributed by atoms with Crippen LogP contribution in [0, 0.1) is 0 Å². The number of amides is 1. The summed E-state index contributed by atoms with van der Waals surface area (Å²) in [5.41, 5.74) is 1.78. The molecule has 2 heterocycles. The predicted octanol–water partition coefficient (Wildman–Crippen LogP) is 2.61. The molecule has 0 N–H and O–H groups in total. The van der Waals surface area contributed by atoms with Crippen molar-refractivity contribution in [2.45, 2.75) is 12.3 Å². The van der Waals surface area contributed by atoms with Gasteiger partial charge in [0.25, 0.3) is 0 Å². The summed E-state index contributed by atoms with van der Waals surface area (Å²) in [5.74, 6) is 0.746. The molecule has 0 saturated heterocycles. The molecule has 1 amide bonds. The number of likely N-dealkylation sites (N-methyl/N-ethyl adjacent to an activating group) is 1. The van der Waals surface area contributed by atoms with Crippen molar-refractivity contribution in [2.75, 3.05) is 18.6 Å². The lowest BCUT2D eigenvalue weighted by atomic mass is 9.92. The normalized spacial score (nSPS) is 16.9. The second-order valence-electron chi connectivity index (χ2n) is 4.84. The number of carbonyl (C=O) groups is 1. The first-order valence-electron chi connectivity index (χ1n) is 6.66. The standard InChI is InChI=1S/C16H16N2O2/c1-18(12-5-4-9-17-11-12)16(19)14-8-10-20-15-7-3-2-6-13(14)15/h2-7,9,11,14H,8,10H2,1H3. The van der Waals surface area contributed by atoms with Gasteiger partial charge in [-0.05, 0) is 24.6 Å². The van der Waals surface area contributed by atoms with Crippen molar-refractivity contribution in [1.29, 1.82) is 0 Å². The van der Waals surface area contributed by atoms with E-state index in [2.05, 4.69) is 4.98 Å². The lowest BCUT2D eigenvalue weighted by Gasteiger charge is -2.28. The van der Waals surface area contributed by atoms with Crippen molar-refractivity contribution in [2.24, 2.45) is 0 Å². The third kappa shape index (κ3) is 2.25. The maximum atomic E-state index is 12.7. The van der Waals surface area contributed by atoms with E-state index in [0.717, 1.165) is 17.0 Å². The number of anilines is 1. The highest BCUT2D eigenvalue weighted by atomic mass is 16.5. The zero-order chi connectivity index (χ0) is 13.9. The van der Waals surface area contributed by atoms with E-state index in [0.29, 0.717) is 13.0 Å². The molecule has 1 aromatic carbocycles. The zero-order valence-corrected chi connectivity index (χ0v) is 11.3. The molecular weight excluding hydrogens is 252 g/mol. The third-order valence-corrected chi connectivity index (χ3v) is 3.62. The number of nitrogens with zero attached hydrogens (tertiary/aromatic N) is 2. The maximum absolute atomic E-state index is 12.7. The number of hydrogen-bond acceptors (Lipinski definition) is 3. The van der Waals surface area contributed by atoms with Crippen LogP contribution in [0.4, 0.5) is 5.69 Å². The average molecular weight is 268 g/mol. The van der Waals surface area contributed by atoms with Crippen LogP contribution in [0.15, 0.2) is 48.8 Å². The van der Waals surface area contributed by atoms with E-state index < -0.39 is 0 Å². The van der Waals surface area contributed by atoms with Gasteiger partial charge in [-0.3, -0.25) is 9.78 Å². The molecule has 2 aromatic rings. The number of benzene rings is 1. The number of ether oxygens (including phenoxy) is 1. The van der Waals surface area contributed by atoms with Crippen molar-refractivity contribution in [3.63, 3.8) is 0 Å². The van der Waals surface area contributed by atoms with Gasteiger partial charge in [0.2, 0.25) is 5.91 Å². The lowest BCUT2D eigenvalue weighted by molar-refractivity contribution is -0.120. The number of pyridine rings is 1. The molecule has 1 aliphatic rings. The highest BCUT2D eigenvalue weighted by Crippen LogP contribution is 2.35. The summed E-state index contributed by atoms with van der Waals surface area (Å²) in [6.45, 7) is 0.578. The number of carbonyl (C=O) groups excluding carboxylic acids is 1. The van der Waals surface area contributed by atoms with Crippen molar-refractivity contribution >= 4 is 11.6 Å². The van der Waals surface area contributed by atoms with Gasteiger partial charge in [0.05, 0.1) is 24.4 Å². The topological polar surface area (TPSA) is 42.4 Å². The molecule has 0 saturated carbocycles. The molecule has 1 unspecified atom stereocenters. The molecule has 102 valence electrons. The summed E-state index contributed by atoms with van der Waals surface area (Å²) in [6.07, 6.45) is 4.11. The van der Waals surface area contributed by atoms with Gasteiger partial charge in [-0.2, -0.15) is 0 Å². The summed E-state index contributed by atoms with van der Waals surface area (Å²) < 4.78 is 5.61. The van der Waals surface area contributed by atoms with E-state index in [1.54, 1.807) is 24.3 Å². The highest BCUT2D eigenvalue weighted by molar-refractivity contribution is 5.98. The van der Waals surface area contributed by atoms with Gasteiger partial charge in [0.15, 0.2) is 0 Å². The van der Waals surface area contributed by atoms with Gasteiger partial charge in [-0.1, -0.05) is 18.2 Å². The molecule has 0 spiro atoms. The van der Waals surface area contributed by atoms with Gasteiger partial charge in [-0.25, -0.2) is 0 Å². The number of fused-ring (bicyclic) bond motifs is 1. The fourth-order valence-electron chi connectivity index (χ4n) is 2.51. The van der Waals surface area contributed by atoms with Crippen LogP contribution in [0.2, 0.25) is 0 Å². The molecule has 1 aliphatic heterocycles. The van der Waals surface area contributed by atoms with E-state index in [-0.39, 0.29) is 11.8 Å². The second-order valence-corrected chi connectivity index (χ2v) is 4.84. The first kappa shape index (κ1) is 12.7. The fraction of sp³-hybridized carbons (Fsp3) is 0.250. The van der Waals surface area contributed by atoms with E-state index in [9.17, 15) is 4.79 Å². The fourth-order valence-corrected chi connectivity index (χ4v) is 2.51. The van der Waals surface area contributed by atoms with E-state index in [1.165, 1.54) is 0 Å². The Morgan fingerprint density at radius 3 is 2.95 bits per heavy atom. The first-order valence-corrected chi connectivity index (χ1v) is 6.66. The number of rotatable bonds is 2. The molecule has 1 atom stereocenters. The van der Waals surface area contributed by atoms with Crippen molar-refractivity contribution in [1.82, 2.24) is 4.98 Å². The predicted molar refractivity (Wildman–Crippen MR) is 76.9 cm³/mol. The van der Waals surface area contributed by atoms with Crippen molar-refractivity contribution in [3.8, 4) is 5.75 Å². The zero-order valence-electron chi connectivity index (χ0n) is 11.3. The van der Waals surface area contributed by atoms with Crippen LogP contribution in [0.25, 0.3) is 0 Å². The molecular formula is C16H16N2O2. The van der Waals surface area contributed by atoms with Crippen LogP contribution in [0.5, 0.6) is 5.75 Å². The minimum atomic E-state index is -0.148. The third-order valence-electron chi connectivity index (χ3n) is 3.62. The van der Waals surface area contributed by atoms with Crippen LogP contribution in [0.3, 0.4) is 0 Å². The molecule has 0 aliphatic carbocycles. The molecule has 3 rings (SSSR count). The van der Waals surface area contributed by atoms with Gasteiger partial charge < -0.3 is 9.64 Å². The van der Waals surface area contributed by atoms with Gasteiger partial charge in [0.1, 0.15) is 5.75 Å². The van der Waals surface area contributed by atoms with Crippen LogP contribution < -0.4 is 9.64 Å². The van der Waals surface area contributed by atoms with Gasteiger partial charge >= 0.3 is 0 Å². The minimum absolute atomic E-state index is 0.0775.